The average molecular weight is 375 g/mol. The fraction of sp³-hybridized carbons (Fsp3) is 0.304. The number of likely N-dealkylation sites (tertiary alicyclic amines) is 1. The lowest BCUT2D eigenvalue weighted by molar-refractivity contribution is 0.0645. The van der Waals surface area contributed by atoms with Crippen LogP contribution in [0.5, 0.6) is 5.75 Å². The van der Waals surface area contributed by atoms with Crippen molar-refractivity contribution < 1.29 is 9.53 Å². The van der Waals surface area contributed by atoms with Crippen LogP contribution < -0.4 is 4.74 Å². The number of nitrogens with zero attached hydrogens (tertiary/aromatic N) is 3. The van der Waals surface area contributed by atoms with Crippen LogP contribution in [0.3, 0.4) is 0 Å². The van der Waals surface area contributed by atoms with Crippen LogP contribution >= 0.6 is 0 Å². The minimum Gasteiger partial charge on any atom is -0.497 e. The first-order chi connectivity index (χ1) is 13.5. The first-order valence-electron chi connectivity index (χ1n) is 9.61. The van der Waals surface area contributed by atoms with Gasteiger partial charge in [0.1, 0.15) is 5.75 Å². The van der Waals surface area contributed by atoms with Gasteiger partial charge in [-0.15, -0.1) is 0 Å². The van der Waals surface area contributed by atoms with E-state index in [9.17, 15) is 4.79 Å². The highest BCUT2D eigenvalue weighted by Crippen LogP contribution is 2.31. The molecule has 0 saturated carbocycles. The first kappa shape index (κ1) is 18.3. The summed E-state index contributed by atoms with van der Waals surface area (Å²) in [5.74, 6) is 0.789. The molecule has 5 heteroatoms. The summed E-state index contributed by atoms with van der Waals surface area (Å²) in [7, 11) is 1.65. The third-order valence-electron chi connectivity index (χ3n) is 5.46. The zero-order valence-electron chi connectivity index (χ0n) is 16.6. The topological polar surface area (TPSA) is 47.4 Å². The third kappa shape index (κ3) is 3.28. The summed E-state index contributed by atoms with van der Waals surface area (Å²) in [6.07, 6.45) is 2.05. The van der Waals surface area contributed by atoms with Crippen LogP contribution in [0.25, 0.3) is 16.9 Å². The fourth-order valence-corrected chi connectivity index (χ4v) is 3.84. The number of amides is 1. The summed E-state index contributed by atoms with van der Waals surface area (Å²) < 4.78 is 7.12. The molecule has 1 aromatic heterocycles. The van der Waals surface area contributed by atoms with E-state index in [1.807, 2.05) is 70.2 Å². The molecule has 1 fully saturated rings. The molecule has 1 amide bonds. The zero-order chi connectivity index (χ0) is 19.7. The van der Waals surface area contributed by atoms with Crippen LogP contribution in [0.1, 0.15) is 37.2 Å². The maximum absolute atomic E-state index is 13.2. The molecule has 0 atom stereocenters. The van der Waals surface area contributed by atoms with E-state index in [2.05, 4.69) is 13.8 Å². The van der Waals surface area contributed by atoms with Crippen molar-refractivity contribution in [2.45, 2.75) is 32.2 Å². The summed E-state index contributed by atoms with van der Waals surface area (Å²) in [6.45, 7) is 5.02. The number of benzene rings is 2. The van der Waals surface area contributed by atoms with Gasteiger partial charge in [-0.3, -0.25) is 4.79 Å². The van der Waals surface area contributed by atoms with Gasteiger partial charge in [0.05, 0.1) is 18.5 Å². The summed E-state index contributed by atoms with van der Waals surface area (Å²) in [5.41, 5.74) is 3.14. The number of carbonyl (C=O) groups excluding carboxylic acids is 1. The Morgan fingerprint density at radius 3 is 2.39 bits per heavy atom. The molecule has 0 radical (unpaired) electrons. The molecule has 1 aliphatic heterocycles. The van der Waals surface area contributed by atoms with Crippen molar-refractivity contribution in [3.8, 4) is 22.7 Å². The number of carbonyl (C=O) groups is 1. The normalized spacial score (nSPS) is 15.6. The second-order valence-electron chi connectivity index (χ2n) is 7.76. The largest absolute Gasteiger partial charge is 0.497 e. The molecule has 4 rings (SSSR count). The maximum Gasteiger partial charge on any atom is 0.274 e. The Labute approximate surface area is 165 Å². The van der Waals surface area contributed by atoms with Crippen molar-refractivity contribution in [2.24, 2.45) is 0 Å². The van der Waals surface area contributed by atoms with Crippen molar-refractivity contribution >= 4 is 5.91 Å². The van der Waals surface area contributed by atoms with Gasteiger partial charge in [0, 0.05) is 17.6 Å². The van der Waals surface area contributed by atoms with Gasteiger partial charge in [-0.2, -0.15) is 5.10 Å². The highest BCUT2D eigenvalue weighted by Gasteiger charge is 2.37. The molecule has 1 aliphatic rings. The molecule has 28 heavy (non-hydrogen) atoms. The number of hydrogen-bond acceptors (Lipinski definition) is 3. The maximum atomic E-state index is 13.2. The van der Waals surface area contributed by atoms with Gasteiger partial charge in [0.2, 0.25) is 0 Å². The smallest absolute Gasteiger partial charge is 0.274 e. The van der Waals surface area contributed by atoms with E-state index in [-0.39, 0.29) is 11.4 Å². The van der Waals surface area contributed by atoms with E-state index in [1.54, 1.807) is 7.11 Å². The number of ether oxygens (including phenoxy) is 1. The van der Waals surface area contributed by atoms with Crippen LogP contribution in [0, 0.1) is 0 Å². The van der Waals surface area contributed by atoms with Gasteiger partial charge in [-0.05, 0) is 69.2 Å². The Morgan fingerprint density at radius 2 is 1.79 bits per heavy atom. The van der Waals surface area contributed by atoms with Gasteiger partial charge in [0.15, 0.2) is 5.69 Å². The standard InChI is InChI=1S/C23H25N3O2/c1-23(2)14-7-15-25(23)22(27)20-16-21(17-10-12-19(28-3)13-11-17)26(24-20)18-8-5-4-6-9-18/h4-6,8-13,16H,7,14-15H2,1-3H3. The second-order valence-corrected chi connectivity index (χ2v) is 7.76. The predicted molar refractivity (Wildman–Crippen MR) is 110 cm³/mol. The summed E-state index contributed by atoms with van der Waals surface area (Å²) >= 11 is 0. The Hall–Kier alpha value is -3.08. The van der Waals surface area contributed by atoms with Crippen molar-refractivity contribution in [1.29, 1.82) is 0 Å². The van der Waals surface area contributed by atoms with Crippen molar-refractivity contribution in [3.63, 3.8) is 0 Å². The minimum absolute atomic E-state index is 0.00746. The van der Waals surface area contributed by atoms with Crippen molar-refractivity contribution in [2.75, 3.05) is 13.7 Å². The second kappa shape index (κ2) is 7.15. The average Bonchev–Trinajstić information content (AvgIpc) is 3.31. The number of methoxy groups -OCH3 is 1. The number of rotatable bonds is 4. The fourth-order valence-electron chi connectivity index (χ4n) is 3.84. The molecule has 3 aromatic rings. The van der Waals surface area contributed by atoms with Crippen LogP contribution in [0.2, 0.25) is 0 Å². The van der Waals surface area contributed by atoms with Gasteiger partial charge in [0.25, 0.3) is 5.91 Å². The third-order valence-corrected chi connectivity index (χ3v) is 5.46. The Kier molecular flexibility index (Phi) is 4.67. The van der Waals surface area contributed by atoms with Gasteiger partial charge >= 0.3 is 0 Å². The lowest BCUT2D eigenvalue weighted by Crippen LogP contribution is -2.42. The summed E-state index contributed by atoms with van der Waals surface area (Å²) in [6, 6.07) is 19.6. The van der Waals surface area contributed by atoms with E-state index >= 15 is 0 Å². The predicted octanol–water partition coefficient (Wildman–Crippen LogP) is 4.56. The summed E-state index contributed by atoms with van der Waals surface area (Å²) in [4.78, 5) is 15.2. The molecular formula is C23H25N3O2. The van der Waals surface area contributed by atoms with Gasteiger partial charge in [-0.1, -0.05) is 18.2 Å². The van der Waals surface area contributed by atoms with E-state index < -0.39 is 0 Å². The Bertz CT molecular complexity index is 975. The molecule has 1 saturated heterocycles. The van der Waals surface area contributed by atoms with E-state index in [0.29, 0.717) is 5.69 Å². The van der Waals surface area contributed by atoms with Crippen LogP contribution in [0.4, 0.5) is 0 Å². The van der Waals surface area contributed by atoms with Crippen molar-refractivity contribution in [1.82, 2.24) is 14.7 Å². The molecule has 0 aliphatic carbocycles. The molecular weight excluding hydrogens is 350 g/mol. The van der Waals surface area contributed by atoms with Gasteiger partial charge in [-0.25, -0.2) is 4.68 Å². The number of aromatic nitrogens is 2. The molecule has 5 nitrogen and oxygen atoms in total. The Morgan fingerprint density at radius 1 is 1.07 bits per heavy atom. The van der Waals surface area contributed by atoms with Crippen LogP contribution in [-0.4, -0.2) is 39.8 Å². The highest BCUT2D eigenvalue weighted by molar-refractivity contribution is 5.94. The zero-order valence-corrected chi connectivity index (χ0v) is 16.6. The molecule has 0 spiro atoms. The minimum atomic E-state index is -0.131. The van der Waals surface area contributed by atoms with E-state index in [1.165, 1.54) is 0 Å². The van der Waals surface area contributed by atoms with E-state index in [4.69, 9.17) is 9.84 Å². The molecule has 2 heterocycles. The number of hydrogen-bond donors (Lipinski definition) is 0. The number of para-hydroxylation sites is 1. The molecule has 144 valence electrons. The highest BCUT2D eigenvalue weighted by atomic mass is 16.5. The molecule has 2 aromatic carbocycles. The van der Waals surface area contributed by atoms with Crippen molar-refractivity contribution in [3.05, 3.63) is 66.4 Å². The lowest BCUT2D eigenvalue weighted by Gasteiger charge is -2.30. The summed E-state index contributed by atoms with van der Waals surface area (Å²) in [5, 5.41) is 4.70. The lowest BCUT2D eigenvalue weighted by atomic mass is 10.0. The monoisotopic (exact) mass is 375 g/mol. The Balaban J connectivity index is 1.79. The van der Waals surface area contributed by atoms with Crippen LogP contribution in [0.15, 0.2) is 60.7 Å². The first-order valence-corrected chi connectivity index (χ1v) is 9.61. The molecule has 0 unspecified atom stereocenters. The quantitative estimate of drug-likeness (QED) is 0.671. The molecule has 0 bridgehead atoms. The van der Waals surface area contributed by atoms with Crippen LogP contribution in [-0.2, 0) is 0 Å². The SMILES string of the molecule is COc1ccc(-c2cc(C(=O)N3CCCC3(C)C)nn2-c2ccccc2)cc1. The van der Waals surface area contributed by atoms with Gasteiger partial charge < -0.3 is 9.64 Å². The molecule has 0 N–H and O–H groups in total. The van der Waals surface area contributed by atoms with E-state index in [0.717, 1.165) is 42.1 Å².